The Morgan fingerprint density at radius 1 is 0.457 bits per heavy atom. The average molecular weight is 993 g/mol. The van der Waals surface area contributed by atoms with Crippen LogP contribution in [0.15, 0.2) is 72.9 Å². The third-order valence-electron chi connectivity index (χ3n) is 12.2. The summed E-state index contributed by atoms with van der Waals surface area (Å²) >= 11 is 0. The first-order chi connectivity index (χ1) is 34.0. The Morgan fingerprint density at radius 3 is 1.34 bits per heavy atom. The van der Waals surface area contributed by atoms with Crippen molar-refractivity contribution in [1.29, 1.82) is 0 Å². The topological polar surface area (TPSA) is 231 Å². The number of esters is 2. The number of hydrogen-bond acceptors (Lipinski definition) is 15. The van der Waals surface area contributed by atoms with Crippen LogP contribution >= 0.6 is 0 Å². The van der Waals surface area contributed by atoms with Crippen LogP contribution in [0.4, 0.5) is 0 Å². The fourth-order valence-corrected chi connectivity index (χ4v) is 7.78. The molecule has 402 valence electrons. The second-order valence-corrected chi connectivity index (χ2v) is 18.3. The maximum Gasteiger partial charge on any atom is 0.306 e. The molecule has 0 radical (unpaired) electrons. The molecule has 0 amide bonds. The van der Waals surface area contributed by atoms with E-state index >= 15 is 0 Å². The number of aliphatic hydroxyl groups is 7. The number of aliphatic hydroxyl groups excluding tert-OH is 7. The Kier molecular flexibility index (Phi) is 37.3. The van der Waals surface area contributed by atoms with Gasteiger partial charge in [0.05, 0.1) is 19.8 Å². The van der Waals surface area contributed by atoms with Crippen molar-refractivity contribution in [3.05, 3.63) is 72.9 Å². The molecule has 4 unspecified atom stereocenters. The number of ether oxygens (including phenoxy) is 6. The molecule has 2 heterocycles. The lowest BCUT2D eigenvalue weighted by molar-refractivity contribution is -0.332. The molecule has 7 N–H and O–H groups in total. The van der Waals surface area contributed by atoms with Crippen LogP contribution < -0.4 is 0 Å². The van der Waals surface area contributed by atoms with Gasteiger partial charge in [-0.05, 0) is 77.0 Å². The van der Waals surface area contributed by atoms with E-state index in [1.165, 1.54) is 77.0 Å². The van der Waals surface area contributed by atoms with E-state index < -0.39 is 99.3 Å². The van der Waals surface area contributed by atoms with Gasteiger partial charge in [0.2, 0.25) is 0 Å². The number of allylic oxidation sites excluding steroid dienone is 12. The zero-order chi connectivity index (χ0) is 51.0. The smallest absolute Gasteiger partial charge is 0.306 e. The molecule has 70 heavy (non-hydrogen) atoms. The molecule has 0 aromatic rings. The SMILES string of the molecule is CCCCCCCC/C=C/C/C=C/C/C=C/CCCC(=O)OC[C@@H](CO[C@@H]1O[C@H](CO[C@@H]2O[C@H](CO)[C@H](O)C(O)C2O)[C@H](O)C(O)C1O)OC(=O)CCC/C=C/C/C=C/C/C=C/CCCCCCCC. The number of carbonyl (C=O) groups is 2. The maximum absolute atomic E-state index is 13.0. The third kappa shape index (κ3) is 28.8. The van der Waals surface area contributed by atoms with Gasteiger partial charge in [-0.15, -0.1) is 0 Å². The Morgan fingerprint density at radius 2 is 0.857 bits per heavy atom. The Hall–Kier alpha value is -3.06. The first-order valence-electron chi connectivity index (χ1n) is 26.5. The van der Waals surface area contributed by atoms with E-state index in [2.05, 4.69) is 68.5 Å². The summed E-state index contributed by atoms with van der Waals surface area (Å²) < 4.78 is 33.5. The molecule has 0 aliphatic carbocycles. The molecule has 2 fully saturated rings. The molecular formula is C55H92O15. The highest BCUT2D eigenvalue weighted by Crippen LogP contribution is 2.26. The van der Waals surface area contributed by atoms with Crippen LogP contribution in [0, 0.1) is 0 Å². The number of carbonyl (C=O) groups excluding carboxylic acids is 2. The summed E-state index contributed by atoms with van der Waals surface area (Å²) in [6, 6.07) is 0. The minimum atomic E-state index is -1.78. The second-order valence-electron chi connectivity index (χ2n) is 18.3. The summed E-state index contributed by atoms with van der Waals surface area (Å²) in [5, 5.41) is 72.1. The minimum Gasteiger partial charge on any atom is -0.462 e. The van der Waals surface area contributed by atoms with Crippen LogP contribution in [-0.4, -0.2) is 142 Å². The number of hydrogen-bond donors (Lipinski definition) is 7. The van der Waals surface area contributed by atoms with Crippen LogP contribution in [0.3, 0.4) is 0 Å². The molecule has 2 saturated heterocycles. The van der Waals surface area contributed by atoms with Gasteiger partial charge in [-0.25, -0.2) is 0 Å². The van der Waals surface area contributed by atoms with E-state index in [0.717, 1.165) is 38.5 Å². The van der Waals surface area contributed by atoms with Gasteiger partial charge in [0.25, 0.3) is 0 Å². The monoisotopic (exact) mass is 993 g/mol. The van der Waals surface area contributed by atoms with E-state index in [-0.39, 0.29) is 19.4 Å². The largest absolute Gasteiger partial charge is 0.462 e. The van der Waals surface area contributed by atoms with E-state index in [1.807, 2.05) is 18.2 Å². The quantitative estimate of drug-likeness (QED) is 0.0176. The molecule has 15 nitrogen and oxygen atoms in total. The summed E-state index contributed by atoms with van der Waals surface area (Å²) in [6.07, 6.45) is 32.3. The van der Waals surface area contributed by atoms with Crippen LogP contribution in [0.1, 0.15) is 168 Å². The summed E-state index contributed by atoms with van der Waals surface area (Å²) in [7, 11) is 0. The summed E-state index contributed by atoms with van der Waals surface area (Å²) in [4.78, 5) is 25.7. The molecule has 0 aromatic carbocycles. The molecule has 0 spiro atoms. The average Bonchev–Trinajstić information content (AvgIpc) is 3.35. The molecule has 0 aromatic heterocycles. The van der Waals surface area contributed by atoms with Crippen molar-refractivity contribution in [2.45, 2.75) is 235 Å². The molecule has 2 aliphatic heterocycles. The molecule has 2 aliphatic rings. The molecular weight excluding hydrogens is 901 g/mol. The highest BCUT2D eigenvalue weighted by molar-refractivity contribution is 5.70. The van der Waals surface area contributed by atoms with Gasteiger partial charge in [0.1, 0.15) is 55.4 Å². The first kappa shape index (κ1) is 63.1. The van der Waals surface area contributed by atoms with Gasteiger partial charge in [-0.3, -0.25) is 9.59 Å². The normalized spacial score (nSPS) is 26.0. The highest BCUT2D eigenvalue weighted by atomic mass is 16.7. The molecule has 2 rings (SSSR count). The van der Waals surface area contributed by atoms with Crippen LogP contribution in [0.2, 0.25) is 0 Å². The Balaban J connectivity index is 1.85. The van der Waals surface area contributed by atoms with Crippen molar-refractivity contribution in [3.8, 4) is 0 Å². The summed E-state index contributed by atoms with van der Waals surface area (Å²) in [5.41, 5.74) is 0. The van der Waals surface area contributed by atoms with Gasteiger partial charge >= 0.3 is 11.9 Å². The maximum atomic E-state index is 13.0. The third-order valence-corrected chi connectivity index (χ3v) is 12.2. The van der Waals surface area contributed by atoms with E-state index in [9.17, 15) is 45.3 Å². The van der Waals surface area contributed by atoms with Crippen LogP contribution in [0.5, 0.6) is 0 Å². The van der Waals surface area contributed by atoms with Crippen molar-refractivity contribution in [1.82, 2.24) is 0 Å². The standard InChI is InChI=1S/C55H92O15/c1-3-5-7-9-11-13-15-17-19-21-23-25-27-29-31-33-35-37-46(57)65-40-43(68-47(58)38-36-34-32-30-28-26-24-22-20-18-16-14-12-10-8-6-4-2)41-66-54-53(64)51(62)49(60)45(70-54)42-67-55-52(63)50(61)48(59)44(39-56)69-55/h17-20,23-26,29-32,43-45,48-56,59-64H,3-16,21-22,27-28,33-42H2,1-2H3/b19-17+,20-18+,25-23+,26-24+,31-29+,32-30+/t43-,44+,45+,48-,49-,50?,51?,52?,53?,54+,55+/m0/s1. The summed E-state index contributed by atoms with van der Waals surface area (Å²) in [5.74, 6) is -1.05. The van der Waals surface area contributed by atoms with Crippen molar-refractivity contribution in [2.75, 3.05) is 26.4 Å². The molecule has 0 bridgehead atoms. The van der Waals surface area contributed by atoms with Gasteiger partial charge in [0.15, 0.2) is 18.7 Å². The molecule has 0 saturated carbocycles. The van der Waals surface area contributed by atoms with Gasteiger partial charge < -0.3 is 64.2 Å². The van der Waals surface area contributed by atoms with E-state index in [4.69, 9.17) is 28.4 Å². The lowest BCUT2D eigenvalue weighted by atomic mass is 9.98. The van der Waals surface area contributed by atoms with Gasteiger partial charge in [-0.1, -0.05) is 151 Å². The highest BCUT2D eigenvalue weighted by Gasteiger charge is 2.47. The number of rotatable bonds is 40. The first-order valence-corrected chi connectivity index (χ1v) is 26.5. The van der Waals surface area contributed by atoms with Gasteiger partial charge in [-0.2, -0.15) is 0 Å². The molecule has 11 atom stereocenters. The van der Waals surface area contributed by atoms with E-state index in [1.54, 1.807) is 0 Å². The van der Waals surface area contributed by atoms with E-state index in [0.29, 0.717) is 25.7 Å². The van der Waals surface area contributed by atoms with Crippen molar-refractivity contribution in [2.24, 2.45) is 0 Å². The fraction of sp³-hybridized carbons (Fsp3) is 0.745. The number of unbranched alkanes of at least 4 members (excludes halogenated alkanes) is 14. The summed E-state index contributed by atoms with van der Waals surface area (Å²) in [6.45, 7) is 2.46. The van der Waals surface area contributed by atoms with Crippen molar-refractivity contribution in [3.63, 3.8) is 0 Å². The van der Waals surface area contributed by atoms with Gasteiger partial charge in [0, 0.05) is 12.8 Å². The zero-order valence-corrected chi connectivity index (χ0v) is 42.5. The lowest BCUT2D eigenvalue weighted by Gasteiger charge is -2.42. The minimum absolute atomic E-state index is 0.0797. The molecule has 15 heteroatoms. The van der Waals surface area contributed by atoms with Crippen LogP contribution in [0.25, 0.3) is 0 Å². The van der Waals surface area contributed by atoms with Crippen molar-refractivity contribution >= 4 is 11.9 Å². The predicted molar refractivity (Wildman–Crippen MR) is 270 cm³/mol. The Bertz CT molecular complexity index is 1490. The van der Waals surface area contributed by atoms with Crippen molar-refractivity contribution < 1.29 is 73.8 Å². The fourth-order valence-electron chi connectivity index (χ4n) is 7.78. The lowest BCUT2D eigenvalue weighted by Crippen LogP contribution is -2.61. The second kappa shape index (κ2) is 41.4. The zero-order valence-electron chi connectivity index (χ0n) is 42.5. The Labute approximate surface area is 419 Å². The van der Waals surface area contributed by atoms with Crippen LogP contribution in [-0.2, 0) is 38.0 Å². The predicted octanol–water partition coefficient (Wildman–Crippen LogP) is 7.82.